The molecule has 34 heavy (non-hydrogen) atoms. The van der Waals surface area contributed by atoms with Crippen LogP contribution in [0.15, 0.2) is 78.9 Å². The molecule has 3 aromatic rings. The number of imide groups is 1. The standard InChI is InChI=1S/C28H26N2O4/c31-26(29-15-13-23(14-16-29)34-19-20-7-2-1-3-8-20)22-10-6-9-21(17-22)18-30-27(32)24-11-4-5-12-25(24)28(30)33/h1-12,17,23H,13-16,18-19H2. The minimum atomic E-state index is -0.296. The second-order valence-corrected chi connectivity index (χ2v) is 8.73. The minimum absolute atomic E-state index is 0.0364. The van der Waals surface area contributed by atoms with E-state index in [1.165, 1.54) is 4.90 Å². The number of fused-ring (bicyclic) bond motifs is 1. The summed E-state index contributed by atoms with van der Waals surface area (Å²) in [7, 11) is 0. The summed E-state index contributed by atoms with van der Waals surface area (Å²) in [6.07, 6.45) is 1.74. The normalized spacial score (nSPS) is 16.1. The third kappa shape index (κ3) is 4.50. The molecule has 0 aromatic heterocycles. The highest BCUT2D eigenvalue weighted by molar-refractivity contribution is 6.21. The highest BCUT2D eigenvalue weighted by atomic mass is 16.5. The molecule has 0 radical (unpaired) electrons. The van der Waals surface area contributed by atoms with Crippen LogP contribution in [-0.2, 0) is 17.9 Å². The van der Waals surface area contributed by atoms with Crippen LogP contribution in [0, 0.1) is 0 Å². The van der Waals surface area contributed by atoms with Crippen LogP contribution in [0.5, 0.6) is 0 Å². The molecule has 0 N–H and O–H groups in total. The van der Waals surface area contributed by atoms with E-state index in [1.54, 1.807) is 42.5 Å². The van der Waals surface area contributed by atoms with Crippen LogP contribution >= 0.6 is 0 Å². The molecule has 3 aromatic carbocycles. The summed E-state index contributed by atoms with van der Waals surface area (Å²) < 4.78 is 6.04. The Morgan fingerprint density at radius 2 is 1.41 bits per heavy atom. The summed E-state index contributed by atoms with van der Waals surface area (Å²) in [6.45, 7) is 2.00. The van der Waals surface area contributed by atoms with Crippen LogP contribution in [0.25, 0.3) is 0 Å². The molecule has 0 saturated carbocycles. The molecule has 3 amide bonds. The lowest BCUT2D eigenvalue weighted by Gasteiger charge is -2.32. The highest BCUT2D eigenvalue weighted by Crippen LogP contribution is 2.25. The molecule has 2 heterocycles. The fourth-order valence-electron chi connectivity index (χ4n) is 4.56. The van der Waals surface area contributed by atoms with E-state index in [-0.39, 0.29) is 30.4 Å². The zero-order valence-corrected chi connectivity index (χ0v) is 18.9. The maximum atomic E-state index is 13.1. The van der Waals surface area contributed by atoms with Crippen molar-refractivity contribution in [3.8, 4) is 0 Å². The molecule has 1 fully saturated rings. The van der Waals surface area contributed by atoms with E-state index in [1.807, 2.05) is 41.3 Å². The van der Waals surface area contributed by atoms with Gasteiger partial charge in [0.05, 0.1) is 30.4 Å². The summed E-state index contributed by atoms with van der Waals surface area (Å²) in [5.41, 5.74) is 3.32. The van der Waals surface area contributed by atoms with Gasteiger partial charge in [-0.2, -0.15) is 0 Å². The zero-order chi connectivity index (χ0) is 23.5. The van der Waals surface area contributed by atoms with Crippen molar-refractivity contribution in [1.82, 2.24) is 9.80 Å². The first kappa shape index (κ1) is 22.0. The molecular formula is C28H26N2O4. The van der Waals surface area contributed by atoms with Crippen LogP contribution in [-0.4, -0.2) is 46.7 Å². The number of ether oxygens (including phenoxy) is 1. The van der Waals surface area contributed by atoms with Crippen molar-refractivity contribution >= 4 is 17.7 Å². The van der Waals surface area contributed by atoms with E-state index < -0.39 is 0 Å². The molecule has 0 atom stereocenters. The number of hydrogen-bond donors (Lipinski definition) is 0. The van der Waals surface area contributed by atoms with Crippen molar-refractivity contribution in [1.29, 1.82) is 0 Å². The first-order valence-corrected chi connectivity index (χ1v) is 11.6. The number of likely N-dealkylation sites (tertiary alicyclic amines) is 1. The fraction of sp³-hybridized carbons (Fsp3) is 0.250. The average Bonchev–Trinajstić information content (AvgIpc) is 3.13. The van der Waals surface area contributed by atoms with E-state index in [9.17, 15) is 14.4 Å². The predicted molar refractivity (Wildman–Crippen MR) is 127 cm³/mol. The average molecular weight is 455 g/mol. The van der Waals surface area contributed by atoms with E-state index in [0.717, 1.165) is 24.0 Å². The molecule has 1 saturated heterocycles. The summed E-state index contributed by atoms with van der Waals surface area (Å²) in [5, 5.41) is 0. The number of nitrogens with zero attached hydrogens (tertiary/aromatic N) is 2. The number of piperidine rings is 1. The Morgan fingerprint density at radius 1 is 0.794 bits per heavy atom. The number of rotatable bonds is 6. The summed E-state index contributed by atoms with van der Waals surface area (Å²) in [4.78, 5) is 41.6. The van der Waals surface area contributed by atoms with Crippen LogP contribution in [0.1, 0.15) is 55.0 Å². The Labute approximate surface area is 198 Å². The van der Waals surface area contributed by atoms with Gasteiger partial charge in [0, 0.05) is 18.7 Å². The van der Waals surface area contributed by atoms with Gasteiger partial charge in [-0.15, -0.1) is 0 Å². The Morgan fingerprint density at radius 3 is 2.09 bits per heavy atom. The third-order valence-electron chi connectivity index (χ3n) is 6.45. The molecule has 0 bridgehead atoms. The number of amides is 3. The first-order chi connectivity index (χ1) is 16.6. The molecular weight excluding hydrogens is 428 g/mol. The van der Waals surface area contributed by atoms with Crippen molar-refractivity contribution in [2.45, 2.75) is 32.1 Å². The molecule has 6 nitrogen and oxygen atoms in total. The van der Waals surface area contributed by atoms with Gasteiger partial charge in [-0.25, -0.2) is 0 Å². The summed E-state index contributed by atoms with van der Waals surface area (Å²) in [6, 6.07) is 24.1. The van der Waals surface area contributed by atoms with Crippen LogP contribution < -0.4 is 0 Å². The molecule has 6 heteroatoms. The van der Waals surface area contributed by atoms with Crippen LogP contribution in [0.3, 0.4) is 0 Å². The Kier molecular flexibility index (Phi) is 6.23. The van der Waals surface area contributed by atoms with E-state index in [2.05, 4.69) is 0 Å². The lowest BCUT2D eigenvalue weighted by Crippen LogP contribution is -2.40. The van der Waals surface area contributed by atoms with Crippen molar-refractivity contribution in [3.05, 3.63) is 107 Å². The topological polar surface area (TPSA) is 66.9 Å². The monoisotopic (exact) mass is 454 g/mol. The van der Waals surface area contributed by atoms with Gasteiger partial charge >= 0.3 is 0 Å². The number of carbonyl (C=O) groups excluding carboxylic acids is 3. The van der Waals surface area contributed by atoms with Crippen molar-refractivity contribution in [2.75, 3.05) is 13.1 Å². The van der Waals surface area contributed by atoms with Gasteiger partial charge in [-0.05, 0) is 48.2 Å². The molecule has 2 aliphatic rings. The van der Waals surface area contributed by atoms with Gasteiger partial charge in [0.1, 0.15) is 0 Å². The molecule has 172 valence electrons. The van der Waals surface area contributed by atoms with Crippen molar-refractivity contribution in [3.63, 3.8) is 0 Å². The van der Waals surface area contributed by atoms with Crippen molar-refractivity contribution in [2.24, 2.45) is 0 Å². The van der Waals surface area contributed by atoms with Gasteiger partial charge in [0.2, 0.25) is 0 Å². The van der Waals surface area contributed by atoms with Crippen LogP contribution in [0.4, 0.5) is 0 Å². The third-order valence-corrected chi connectivity index (χ3v) is 6.45. The van der Waals surface area contributed by atoms with Gasteiger partial charge in [-0.3, -0.25) is 19.3 Å². The lowest BCUT2D eigenvalue weighted by molar-refractivity contribution is -0.000386. The van der Waals surface area contributed by atoms with Gasteiger partial charge < -0.3 is 9.64 Å². The Bertz CT molecular complexity index is 1180. The smallest absolute Gasteiger partial charge is 0.261 e. The predicted octanol–water partition coefficient (Wildman–Crippen LogP) is 4.30. The zero-order valence-electron chi connectivity index (χ0n) is 18.9. The number of hydrogen-bond acceptors (Lipinski definition) is 4. The maximum Gasteiger partial charge on any atom is 0.261 e. The highest BCUT2D eigenvalue weighted by Gasteiger charge is 2.35. The second-order valence-electron chi connectivity index (χ2n) is 8.73. The quantitative estimate of drug-likeness (QED) is 0.521. The van der Waals surface area contributed by atoms with Crippen molar-refractivity contribution < 1.29 is 19.1 Å². The minimum Gasteiger partial charge on any atom is -0.373 e. The number of benzene rings is 3. The van der Waals surface area contributed by atoms with Crippen LogP contribution in [0.2, 0.25) is 0 Å². The SMILES string of the molecule is O=C(c1cccc(CN2C(=O)c3ccccc3C2=O)c1)N1CCC(OCc2ccccc2)CC1. The molecule has 5 rings (SSSR count). The van der Waals surface area contributed by atoms with E-state index in [4.69, 9.17) is 4.74 Å². The maximum absolute atomic E-state index is 13.1. The summed E-state index contributed by atoms with van der Waals surface area (Å²) in [5.74, 6) is -0.629. The first-order valence-electron chi connectivity index (χ1n) is 11.6. The second kappa shape index (κ2) is 9.61. The van der Waals surface area contributed by atoms with Gasteiger partial charge in [0.15, 0.2) is 0 Å². The summed E-state index contributed by atoms with van der Waals surface area (Å²) >= 11 is 0. The fourth-order valence-corrected chi connectivity index (χ4v) is 4.56. The van der Waals surface area contributed by atoms with E-state index in [0.29, 0.717) is 36.4 Å². The largest absolute Gasteiger partial charge is 0.373 e. The van der Waals surface area contributed by atoms with Gasteiger partial charge in [0.25, 0.3) is 17.7 Å². The van der Waals surface area contributed by atoms with E-state index >= 15 is 0 Å². The Balaban J connectivity index is 1.18. The van der Waals surface area contributed by atoms with Gasteiger partial charge in [-0.1, -0.05) is 54.6 Å². The Hall–Kier alpha value is -3.77. The molecule has 0 spiro atoms. The lowest BCUT2D eigenvalue weighted by atomic mass is 10.0. The molecule has 2 aliphatic heterocycles. The molecule has 0 aliphatic carbocycles. The number of carbonyl (C=O) groups is 3. The molecule has 0 unspecified atom stereocenters.